The molecule has 0 saturated carbocycles. The highest BCUT2D eigenvalue weighted by Gasteiger charge is 2.28. The summed E-state index contributed by atoms with van der Waals surface area (Å²) in [6, 6.07) is 4.60. The molecule has 1 saturated heterocycles. The summed E-state index contributed by atoms with van der Waals surface area (Å²) >= 11 is 0. The maximum absolute atomic E-state index is 10.9. The molecule has 1 unspecified atom stereocenters. The highest BCUT2D eigenvalue weighted by atomic mass is 16.6. The maximum Gasteiger partial charge on any atom is 0.307 e. The van der Waals surface area contributed by atoms with E-state index < -0.39 is 10.9 Å². The number of nitro groups is 1. The zero-order valence-corrected chi connectivity index (χ0v) is 11.1. The van der Waals surface area contributed by atoms with Crippen LogP contribution in [0.15, 0.2) is 18.2 Å². The van der Waals surface area contributed by atoms with Crippen molar-refractivity contribution >= 4 is 11.7 Å². The number of aliphatic carboxylic acids is 1. The highest BCUT2D eigenvalue weighted by molar-refractivity contribution is 5.70. The van der Waals surface area contributed by atoms with E-state index in [0.717, 1.165) is 5.56 Å². The molecule has 0 radical (unpaired) electrons. The third-order valence-electron chi connectivity index (χ3n) is 3.43. The monoisotopic (exact) mass is 280 g/mol. The molecule has 1 aliphatic heterocycles. The van der Waals surface area contributed by atoms with Crippen molar-refractivity contribution in [2.24, 2.45) is 5.92 Å². The van der Waals surface area contributed by atoms with Crippen molar-refractivity contribution in [3.8, 4) is 5.75 Å². The van der Waals surface area contributed by atoms with Crippen LogP contribution in [-0.4, -0.2) is 41.1 Å². The van der Waals surface area contributed by atoms with E-state index in [9.17, 15) is 14.9 Å². The minimum absolute atomic E-state index is 0.0201. The number of likely N-dealkylation sites (tertiary alicyclic amines) is 1. The number of hydrogen-bond acceptors (Lipinski definition) is 5. The topological polar surface area (TPSA) is 92.9 Å². The molecule has 108 valence electrons. The van der Waals surface area contributed by atoms with Gasteiger partial charge in [-0.1, -0.05) is 0 Å². The van der Waals surface area contributed by atoms with Crippen LogP contribution in [0, 0.1) is 16.0 Å². The quantitative estimate of drug-likeness (QED) is 0.649. The van der Waals surface area contributed by atoms with Crippen LogP contribution in [0.25, 0.3) is 0 Å². The minimum atomic E-state index is -0.788. The second kappa shape index (κ2) is 5.87. The second-order valence-electron chi connectivity index (χ2n) is 4.86. The summed E-state index contributed by atoms with van der Waals surface area (Å²) in [5, 5.41) is 19.8. The van der Waals surface area contributed by atoms with Crippen molar-refractivity contribution in [2.75, 3.05) is 20.2 Å². The molecule has 1 aliphatic rings. The number of carbonyl (C=O) groups is 1. The van der Waals surface area contributed by atoms with E-state index in [0.29, 0.717) is 31.8 Å². The Morgan fingerprint density at radius 3 is 2.85 bits per heavy atom. The molecule has 1 aromatic rings. The van der Waals surface area contributed by atoms with E-state index in [4.69, 9.17) is 9.84 Å². The largest absolute Gasteiger partial charge is 0.496 e. The number of rotatable bonds is 5. The summed E-state index contributed by atoms with van der Waals surface area (Å²) in [5.41, 5.74) is 0.732. The fourth-order valence-electron chi connectivity index (χ4n) is 2.39. The van der Waals surface area contributed by atoms with Crippen molar-refractivity contribution in [1.29, 1.82) is 0 Å². The molecule has 1 aromatic carbocycles. The first-order chi connectivity index (χ1) is 9.49. The molecule has 1 atom stereocenters. The first-order valence-electron chi connectivity index (χ1n) is 6.27. The Morgan fingerprint density at radius 2 is 2.30 bits per heavy atom. The van der Waals surface area contributed by atoms with Crippen molar-refractivity contribution in [2.45, 2.75) is 13.0 Å². The van der Waals surface area contributed by atoms with Crippen LogP contribution in [0.1, 0.15) is 12.0 Å². The molecule has 0 bridgehead atoms. The van der Waals surface area contributed by atoms with E-state index in [1.807, 2.05) is 4.90 Å². The SMILES string of the molecule is COc1cc(CN2CCC(C(=O)O)C2)cc([N+](=O)[O-])c1. The predicted octanol–water partition coefficient (Wildman–Crippen LogP) is 1.51. The van der Waals surface area contributed by atoms with E-state index >= 15 is 0 Å². The van der Waals surface area contributed by atoms with E-state index in [1.54, 1.807) is 6.07 Å². The number of ether oxygens (including phenoxy) is 1. The first kappa shape index (κ1) is 14.3. The maximum atomic E-state index is 10.9. The van der Waals surface area contributed by atoms with Gasteiger partial charge >= 0.3 is 5.97 Å². The Hall–Kier alpha value is -2.15. The van der Waals surface area contributed by atoms with Gasteiger partial charge in [0.1, 0.15) is 5.75 Å². The third-order valence-corrected chi connectivity index (χ3v) is 3.43. The van der Waals surface area contributed by atoms with Gasteiger partial charge in [0.2, 0.25) is 0 Å². The van der Waals surface area contributed by atoms with Crippen LogP contribution in [0.3, 0.4) is 0 Å². The molecule has 1 fully saturated rings. The molecule has 20 heavy (non-hydrogen) atoms. The number of carboxylic acids is 1. The van der Waals surface area contributed by atoms with Gasteiger partial charge in [-0.3, -0.25) is 19.8 Å². The average molecular weight is 280 g/mol. The molecule has 2 rings (SSSR count). The molecule has 0 aliphatic carbocycles. The number of benzene rings is 1. The van der Waals surface area contributed by atoms with Gasteiger partial charge in [-0.2, -0.15) is 0 Å². The number of nitro benzene ring substituents is 1. The molecule has 0 amide bonds. The Morgan fingerprint density at radius 1 is 1.55 bits per heavy atom. The zero-order valence-electron chi connectivity index (χ0n) is 11.1. The van der Waals surface area contributed by atoms with Crippen LogP contribution in [0.4, 0.5) is 5.69 Å². The minimum Gasteiger partial charge on any atom is -0.496 e. The standard InChI is InChI=1S/C13H16N2O5/c1-20-12-5-9(4-11(6-12)15(18)19)7-14-3-2-10(8-14)13(16)17/h4-6,10H,2-3,7-8H2,1H3,(H,16,17). The van der Waals surface area contributed by atoms with Crippen molar-refractivity contribution < 1.29 is 19.6 Å². The second-order valence-corrected chi connectivity index (χ2v) is 4.86. The summed E-state index contributed by atoms with van der Waals surface area (Å²) in [7, 11) is 1.46. The van der Waals surface area contributed by atoms with E-state index in [-0.39, 0.29) is 11.6 Å². The van der Waals surface area contributed by atoms with Crippen LogP contribution >= 0.6 is 0 Å². The fraction of sp³-hybridized carbons (Fsp3) is 0.462. The van der Waals surface area contributed by atoms with Crippen LogP contribution in [0.5, 0.6) is 5.75 Å². The lowest BCUT2D eigenvalue weighted by molar-refractivity contribution is -0.385. The summed E-state index contributed by atoms with van der Waals surface area (Å²) in [6.45, 7) is 1.64. The van der Waals surface area contributed by atoms with Crippen LogP contribution in [-0.2, 0) is 11.3 Å². The lowest BCUT2D eigenvalue weighted by Gasteiger charge is -2.15. The average Bonchev–Trinajstić information content (AvgIpc) is 2.87. The molecule has 1 heterocycles. The Balaban J connectivity index is 2.11. The lowest BCUT2D eigenvalue weighted by Crippen LogP contribution is -2.22. The number of nitrogens with zero attached hydrogens (tertiary/aromatic N) is 2. The highest BCUT2D eigenvalue weighted by Crippen LogP contribution is 2.25. The summed E-state index contributed by atoms with van der Waals surface area (Å²) in [5.74, 6) is -0.706. The molecule has 0 spiro atoms. The molecule has 0 aromatic heterocycles. The fourth-order valence-corrected chi connectivity index (χ4v) is 2.39. The van der Waals surface area contributed by atoms with Gasteiger partial charge in [-0.25, -0.2) is 0 Å². The van der Waals surface area contributed by atoms with Gasteiger partial charge in [0, 0.05) is 19.2 Å². The number of methoxy groups -OCH3 is 1. The number of carboxylic acid groups (broad SMARTS) is 1. The van der Waals surface area contributed by atoms with Gasteiger partial charge < -0.3 is 9.84 Å². The first-order valence-corrected chi connectivity index (χ1v) is 6.27. The van der Waals surface area contributed by atoms with Gasteiger partial charge in [-0.05, 0) is 24.6 Å². The van der Waals surface area contributed by atoms with Gasteiger partial charge in [0.05, 0.1) is 24.0 Å². The normalized spacial score (nSPS) is 18.9. The lowest BCUT2D eigenvalue weighted by atomic mass is 10.1. The Labute approximate surface area is 115 Å². The molecule has 7 heteroatoms. The van der Waals surface area contributed by atoms with E-state index in [1.165, 1.54) is 19.2 Å². The molecule has 1 N–H and O–H groups in total. The van der Waals surface area contributed by atoms with Crippen molar-refractivity contribution in [3.05, 3.63) is 33.9 Å². The molecular formula is C13H16N2O5. The smallest absolute Gasteiger partial charge is 0.307 e. The predicted molar refractivity (Wildman–Crippen MR) is 70.7 cm³/mol. The van der Waals surface area contributed by atoms with Gasteiger partial charge in [0.25, 0.3) is 5.69 Å². The number of non-ortho nitro benzene ring substituents is 1. The summed E-state index contributed by atoms with van der Waals surface area (Å²) in [6.07, 6.45) is 0.612. The van der Waals surface area contributed by atoms with Gasteiger partial charge in [0.15, 0.2) is 0 Å². The Bertz CT molecular complexity index is 531. The molecule has 7 nitrogen and oxygen atoms in total. The van der Waals surface area contributed by atoms with Crippen LogP contribution in [0.2, 0.25) is 0 Å². The van der Waals surface area contributed by atoms with Crippen molar-refractivity contribution in [3.63, 3.8) is 0 Å². The number of hydrogen-bond donors (Lipinski definition) is 1. The summed E-state index contributed by atoms with van der Waals surface area (Å²) in [4.78, 5) is 23.3. The molecular weight excluding hydrogens is 264 g/mol. The summed E-state index contributed by atoms with van der Waals surface area (Å²) < 4.78 is 5.05. The van der Waals surface area contributed by atoms with Gasteiger partial charge in [-0.15, -0.1) is 0 Å². The third kappa shape index (κ3) is 3.24. The van der Waals surface area contributed by atoms with Crippen molar-refractivity contribution in [1.82, 2.24) is 4.90 Å². The van der Waals surface area contributed by atoms with E-state index in [2.05, 4.69) is 0 Å². The van der Waals surface area contributed by atoms with Crippen LogP contribution < -0.4 is 4.74 Å². The zero-order chi connectivity index (χ0) is 14.7. The Kier molecular flexibility index (Phi) is 4.19.